The van der Waals surface area contributed by atoms with E-state index in [0.29, 0.717) is 26.3 Å². The summed E-state index contributed by atoms with van der Waals surface area (Å²) in [5.41, 5.74) is 4.57. The third-order valence-corrected chi connectivity index (χ3v) is 3.47. The first-order valence-electron chi connectivity index (χ1n) is 5.71. The average molecular weight is 330 g/mol. The van der Waals surface area contributed by atoms with Crippen LogP contribution in [0.5, 0.6) is 5.75 Å². The van der Waals surface area contributed by atoms with Crippen LogP contribution in [0.3, 0.4) is 0 Å². The lowest BCUT2D eigenvalue weighted by atomic mass is 10.1. The first kappa shape index (κ1) is 15.0. The van der Waals surface area contributed by atoms with Gasteiger partial charge in [0.15, 0.2) is 0 Å². The highest BCUT2D eigenvalue weighted by Gasteiger charge is 2.07. The number of anilines is 1. The standard InChI is InChI=1S/C14H11Cl3N2O/c1-8-3-2-4-9(14(8)20)7-18-19-13-11(16)5-10(15)6-12(13)17/h2-7,19-20H,1H3. The van der Waals surface area contributed by atoms with E-state index in [4.69, 9.17) is 34.8 Å². The van der Waals surface area contributed by atoms with Crippen LogP contribution in [0.2, 0.25) is 15.1 Å². The molecule has 0 bridgehead atoms. The van der Waals surface area contributed by atoms with Crippen molar-refractivity contribution in [1.82, 2.24) is 0 Å². The Kier molecular flexibility index (Phi) is 4.76. The van der Waals surface area contributed by atoms with Crippen LogP contribution in [0.25, 0.3) is 0 Å². The van der Waals surface area contributed by atoms with Crippen LogP contribution in [0, 0.1) is 6.92 Å². The van der Waals surface area contributed by atoms with E-state index < -0.39 is 0 Å². The fourth-order valence-electron chi connectivity index (χ4n) is 1.60. The number of benzene rings is 2. The number of hydrazone groups is 1. The number of aryl methyl sites for hydroxylation is 1. The van der Waals surface area contributed by atoms with Gasteiger partial charge in [0.25, 0.3) is 0 Å². The largest absolute Gasteiger partial charge is 0.507 e. The predicted molar refractivity (Wildman–Crippen MR) is 85.5 cm³/mol. The molecule has 0 aromatic heterocycles. The Bertz CT molecular complexity index is 648. The molecule has 0 aliphatic rings. The van der Waals surface area contributed by atoms with Gasteiger partial charge in [-0.15, -0.1) is 0 Å². The van der Waals surface area contributed by atoms with Gasteiger partial charge in [-0.2, -0.15) is 5.10 Å². The van der Waals surface area contributed by atoms with Crippen molar-refractivity contribution in [2.45, 2.75) is 6.92 Å². The molecule has 0 saturated carbocycles. The van der Waals surface area contributed by atoms with E-state index in [-0.39, 0.29) is 5.75 Å². The predicted octanol–water partition coefficient (Wildman–Crippen LogP) is 5.11. The van der Waals surface area contributed by atoms with Crippen LogP contribution in [0.4, 0.5) is 5.69 Å². The monoisotopic (exact) mass is 328 g/mol. The highest BCUT2D eigenvalue weighted by molar-refractivity contribution is 6.41. The van der Waals surface area contributed by atoms with E-state index in [2.05, 4.69) is 10.5 Å². The number of phenolic OH excluding ortho intramolecular Hbond substituents is 1. The Morgan fingerprint density at radius 2 is 1.80 bits per heavy atom. The fourth-order valence-corrected chi connectivity index (χ4v) is 2.50. The summed E-state index contributed by atoms with van der Waals surface area (Å²) < 4.78 is 0. The molecule has 0 unspecified atom stereocenters. The Morgan fingerprint density at radius 1 is 1.15 bits per heavy atom. The molecule has 0 saturated heterocycles. The van der Waals surface area contributed by atoms with Gasteiger partial charge >= 0.3 is 0 Å². The maximum Gasteiger partial charge on any atom is 0.127 e. The van der Waals surface area contributed by atoms with Gasteiger partial charge in [0.1, 0.15) is 5.75 Å². The van der Waals surface area contributed by atoms with E-state index >= 15 is 0 Å². The van der Waals surface area contributed by atoms with Gasteiger partial charge in [-0.05, 0) is 30.7 Å². The molecule has 2 N–H and O–H groups in total. The molecule has 0 atom stereocenters. The number of nitrogens with one attached hydrogen (secondary N) is 1. The molecule has 2 rings (SSSR count). The van der Waals surface area contributed by atoms with Crippen molar-refractivity contribution in [1.29, 1.82) is 0 Å². The quantitative estimate of drug-likeness (QED) is 0.607. The second-order valence-electron chi connectivity index (χ2n) is 4.13. The molecule has 0 aliphatic heterocycles. The number of phenols is 1. The number of nitrogens with zero attached hydrogens (tertiary/aromatic N) is 1. The molecule has 0 amide bonds. The van der Waals surface area contributed by atoms with Crippen LogP contribution >= 0.6 is 34.8 Å². The maximum absolute atomic E-state index is 9.85. The topological polar surface area (TPSA) is 44.6 Å². The summed E-state index contributed by atoms with van der Waals surface area (Å²) in [6, 6.07) is 8.53. The van der Waals surface area contributed by atoms with Gasteiger partial charge in [-0.3, -0.25) is 5.43 Å². The normalized spacial score (nSPS) is 11.0. The summed E-state index contributed by atoms with van der Waals surface area (Å²) in [7, 11) is 0. The molecule has 3 nitrogen and oxygen atoms in total. The molecule has 0 spiro atoms. The first-order chi connectivity index (χ1) is 9.49. The van der Waals surface area contributed by atoms with Gasteiger partial charge in [0.2, 0.25) is 0 Å². The van der Waals surface area contributed by atoms with Crippen molar-refractivity contribution in [3.63, 3.8) is 0 Å². The van der Waals surface area contributed by atoms with Gasteiger partial charge in [-0.25, -0.2) is 0 Å². The van der Waals surface area contributed by atoms with E-state index in [0.717, 1.165) is 5.56 Å². The third-order valence-electron chi connectivity index (χ3n) is 2.66. The Balaban J connectivity index is 2.21. The van der Waals surface area contributed by atoms with E-state index in [9.17, 15) is 5.11 Å². The van der Waals surface area contributed by atoms with Crippen molar-refractivity contribution in [3.05, 3.63) is 56.5 Å². The zero-order valence-electron chi connectivity index (χ0n) is 10.5. The molecule has 6 heteroatoms. The van der Waals surface area contributed by atoms with Crippen LogP contribution in [0.1, 0.15) is 11.1 Å². The molecule has 0 radical (unpaired) electrons. The van der Waals surface area contributed by atoms with Gasteiger partial charge < -0.3 is 5.11 Å². The smallest absolute Gasteiger partial charge is 0.127 e. The second-order valence-corrected chi connectivity index (χ2v) is 5.38. The summed E-state index contributed by atoms with van der Waals surface area (Å²) in [5, 5.41) is 15.1. The summed E-state index contributed by atoms with van der Waals surface area (Å²) in [6.45, 7) is 1.81. The molecule has 0 heterocycles. The Morgan fingerprint density at radius 3 is 2.45 bits per heavy atom. The average Bonchev–Trinajstić information content (AvgIpc) is 2.37. The number of aromatic hydroxyl groups is 1. The molecule has 104 valence electrons. The van der Waals surface area contributed by atoms with Crippen molar-refractivity contribution in [3.8, 4) is 5.75 Å². The number of rotatable bonds is 3. The summed E-state index contributed by atoms with van der Waals surface area (Å²) >= 11 is 17.9. The SMILES string of the molecule is Cc1cccc(C=NNc2c(Cl)cc(Cl)cc2Cl)c1O. The summed E-state index contributed by atoms with van der Waals surface area (Å²) in [4.78, 5) is 0. The zero-order valence-corrected chi connectivity index (χ0v) is 12.8. The van der Waals surface area contributed by atoms with Crippen LogP contribution < -0.4 is 5.43 Å². The fraction of sp³-hybridized carbons (Fsp3) is 0.0714. The molecule has 0 aliphatic carbocycles. The summed E-state index contributed by atoms with van der Waals surface area (Å²) in [5.74, 6) is 0.186. The number of hydrogen-bond donors (Lipinski definition) is 2. The van der Waals surface area contributed by atoms with Crippen LogP contribution in [-0.2, 0) is 0 Å². The van der Waals surface area contributed by atoms with Crippen LogP contribution in [-0.4, -0.2) is 11.3 Å². The number of halogens is 3. The lowest BCUT2D eigenvalue weighted by Gasteiger charge is -2.07. The van der Waals surface area contributed by atoms with E-state index in [1.807, 2.05) is 19.1 Å². The minimum Gasteiger partial charge on any atom is -0.507 e. The van der Waals surface area contributed by atoms with Crippen molar-refractivity contribution < 1.29 is 5.11 Å². The molecule has 2 aromatic rings. The van der Waals surface area contributed by atoms with Gasteiger partial charge in [0, 0.05) is 10.6 Å². The highest BCUT2D eigenvalue weighted by Crippen LogP contribution is 2.33. The number of para-hydroxylation sites is 1. The third kappa shape index (κ3) is 3.37. The first-order valence-corrected chi connectivity index (χ1v) is 6.84. The van der Waals surface area contributed by atoms with Gasteiger partial charge in [0.05, 0.1) is 21.9 Å². The van der Waals surface area contributed by atoms with Gasteiger partial charge in [-0.1, -0.05) is 46.9 Å². The minimum absolute atomic E-state index is 0.186. The minimum atomic E-state index is 0.186. The zero-order chi connectivity index (χ0) is 14.7. The molecule has 20 heavy (non-hydrogen) atoms. The summed E-state index contributed by atoms with van der Waals surface area (Å²) in [6.07, 6.45) is 1.49. The molecular formula is C14H11Cl3N2O. The lowest BCUT2D eigenvalue weighted by molar-refractivity contribution is 0.470. The van der Waals surface area contributed by atoms with Crippen LogP contribution in [0.15, 0.2) is 35.4 Å². The highest BCUT2D eigenvalue weighted by atomic mass is 35.5. The second kappa shape index (κ2) is 6.35. The molecular weight excluding hydrogens is 319 g/mol. The maximum atomic E-state index is 9.85. The van der Waals surface area contributed by atoms with Crippen molar-refractivity contribution >= 4 is 46.7 Å². The van der Waals surface area contributed by atoms with E-state index in [1.54, 1.807) is 18.2 Å². The molecule has 2 aromatic carbocycles. The molecule has 0 fully saturated rings. The Hall–Kier alpha value is -1.42. The van der Waals surface area contributed by atoms with Crippen molar-refractivity contribution in [2.24, 2.45) is 5.10 Å². The van der Waals surface area contributed by atoms with E-state index in [1.165, 1.54) is 6.21 Å². The van der Waals surface area contributed by atoms with Crippen molar-refractivity contribution in [2.75, 3.05) is 5.43 Å². The lowest BCUT2D eigenvalue weighted by Crippen LogP contribution is -1.93. The number of hydrogen-bond acceptors (Lipinski definition) is 3. The Labute approximate surface area is 131 Å².